The van der Waals surface area contributed by atoms with Crippen LogP contribution >= 0.6 is 0 Å². The number of rotatable bonds is 2. The molecular weight excluding hydrogens is 298 g/mol. The average molecular weight is 319 g/mol. The molecule has 0 fully saturated rings. The van der Waals surface area contributed by atoms with Crippen molar-refractivity contribution in [3.8, 4) is 0 Å². The van der Waals surface area contributed by atoms with Crippen molar-refractivity contribution in [2.24, 2.45) is 0 Å². The lowest BCUT2D eigenvalue weighted by Gasteiger charge is -2.20. The number of anilines is 1. The van der Waals surface area contributed by atoms with E-state index in [1.54, 1.807) is 0 Å². The van der Waals surface area contributed by atoms with Crippen LogP contribution in [-0.2, 0) is 11.2 Å². The van der Waals surface area contributed by atoms with Gasteiger partial charge in [-0.05, 0) is 67.7 Å². The summed E-state index contributed by atoms with van der Waals surface area (Å²) in [5.41, 5.74) is 6.94. The summed E-state index contributed by atoms with van der Waals surface area (Å²) < 4.78 is 0. The van der Waals surface area contributed by atoms with Gasteiger partial charge < -0.3 is 5.32 Å². The summed E-state index contributed by atoms with van der Waals surface area (Å²) >= 11 is 0. The zero-order chi connectivity index (χ0) is 17.3. The van der Waals surface area contributed by atoms with E-state index in [-0.39, 0.29) is 11.7 Å². The Labute approximate surface area is 142 Å². The lowest BCUT2D eigenvalue weighted by Crippen LogP contribution is -2.15. The zero-order valence-corrected chi connectivity index (χ0v) is 14.3. The summed E-state index contributed by atoms with van der Waals surface area (Å²) in [6, 6.07) is 11.7. The molecule has 0 radical (unpaired) electrons. The monoisotopic (exact) mass is 319 g/mol. The fourth-order valence-electron chi connectivity index (χ4n) is 3.28. The molecule has 3 rings (SSSR count). The van der Waals surface area contributed by atoms with E-state index in [9.17, 15) is 9.59 Å². The maximum Gasteiger partial charge on any atom is 0.221 e. The molecule has 24 heavy (non-hydrogen) atoms. The SMILES string of the molecule is CC(=O)Nc1ccc(/C=C2/CCc3c(C)cc(C)cc3C2=O)cc1. The highest BCUT2D eigenvalue weighted by Gasteiger charge is 2.23. The van der Waals surface area contributed by atoms with Crippen LogP contribution in [0.2, 0.25) is 0 Å². The van der Waals surface area contributed by atoms with Gasteiger partial charge in [-0.3, -0.25) is 9.59 Å². The molecule has 1 aliphatic rings. The van der Waals surface area contributed by atoms with E-state index in [1.165, 1.54) is 18.1 Å². The fourth-order valence-corrected chi connectivity index (χ4v) is 3.28. The smallest absolute Gasteiger partial charge is 0.221 e. The predicted molar refractivity (Wildman–Crippen MR) is 97.3 cm³/mol. The number of fused-ring (bicyclic) bond motifs is 1. The van der Waals surface area contributed by atoms with Crippen LogP contribution in [0.3, 0.4) is 0 Å². The Hall–Kier alpha value is -2.68. The number of hydrogen-bond acceptors (Lipinski definition) is 2. The molecule has 0 unspecified atom stereocenters. The maximum atomic E-state index is 12.8. The van der Waals surface area contributed by atoms with Gasteiger partial charge in [0.1, 0.15) is 0 Å². The summed E-state index contributed by atoms with van der Waals surface area (Å²) in [6.45, 7) is 5.59. The molecule has 1 N–H and O–H groups in total. The van der Waals surface area contributed by atoms with Crippen molar-refractivity contribution in [3.05, 3.63) is 69.8 Å². The van der Waals surface area contributed by atoms with E-state index in [0.717, 1.165) is 40.8 Å². The van der Waals surface area contributed by atoms with Crippen molar-refractivity contribution < 1.29 is 9.59 Å². The van der Waals surface area contributed by atoms with Crippen molar-refractivity contribution in [3.63, 3.8) is 0 Å². The molecule has 0 aromatic heterocycles. The Morgan fingerprint density at radius 2 is 1.79 bits per heavy atom. The van der Waals surface area contributed by atoms with Gasteiger partial charge in [-0.1, -0.05) is 23.8 Å². The quantitative estimate of drug-likeness (QED) is 0.830. The van der Waals surface area contributed by atoms with Crippen molar-refractivity contribution >= 4 is 23.5 Å². The first-order valence-electron chi connectivity index (χ1n) is 8.17. The largest absolute Gasteiger partial charge is 0.326 e. The summed E-state index contributed by atoms with van der Waals surface area (Å²) in [4.78, 5) is 23.9. The minimum atomic E-state index is -0.0918. The summed E-state index contributed by atoms with van der Waals surface area (Å²) in [6.07, 6.45) is 3.63. The Morgan fingerprint density at radius 3 is 2.46 bits per heavy atom. The topological polar surface area (TPSA) is 46.2 Å². The van der Waals surface area contributed by atoms with Crippen LogP contribution in [0.15, 0.2) is 42.0 Å². The molecule has 0 bridgehead atoms. The maximum absolute atomic E-state index is 12.8. The van der Waals surface area contributed by atoms with Crippen LogP contribution in [-0.4, -0.2) is 11.7 Å². The Bertz CT molecular complexity index is 845. The number of carbonyl (C=O) groups excluding carboxylic acids is 2. The van der Waals surface area contributed by atoms with Crippen LogP contribution in [0.4, 0.5) is 5.69 Å². The molecule has 0 spiro atoms. The molecule has 3 nitrogen and oxygen atoms in total. The Morgan fingerprint density at radius 1 is 1.08 bits per heavy atom. The number of hydrogen-bond donors (Lipinski definition) is 1. The van der Waals surface area contributed by atoms with Crippen molar-refractivity contribution in [1.82, 2.24) is 0 Å². The van der Waals surface area contributed by atoms with Crippen LogP contribution in [0.5, 0.6) is 0 Å². The minimum Gasteiger partial charge on any atom is -0.326 e. The lowest BCUT2D eigenvalue weighted by atomic mass is 9.83. The molecule has 2 aromatic carbocycles. The van der Waals surface area contributed by atoms with E-state index >= 15 is 0 Å². The van der Waals surface area contributed by atoms with Gasteiger partial charge in [-0.2, -0.15) is 0 Å². The van der Waals surface area contributed by atoms with Crippen molar-refractivity contribution in [2.75, 3.05) is 5.32 Å². The molecule has 0 saturated carbocycles. The normalized spacial score (nSPS) is 15.3. The number of nitrogens with one attached hydrogen (secondary N) is 1. The number of aryl methyl sites for hydroxylation is 2. The van der Waals surface area contributed by atoms with E-state index in [0.29, 0.717) is 0 Å². The Balaban J connectivity index is 1.89. The minimum absolute atomic E-state index is 0.0918. The van der Waals surface area contributed by atoms with Crippen molar-refractivity contribution in [1.29, 1.82) is 0 Å². The van der Waals surface area contributed by atoms with E-state index < -0.39 is 0 Å². The first-order chi connectivity index (χ1) is 11.4. The first-order valence-corrected chi connectivity index (χ1v) is 8.17. The number of carbonyl (C=O) groups is 2. The van der Waals surface area contributed by atoms with Crippen LogP contribution < -0.4 is 5.32 Å². The highest BCUT2D eigenvalue weighted by atomic mass is 16.1. The molecule has 1 amide bonds. The number of Topliss-reactive ketones (excluding diaryl/α,β-unsaturated/α-hetero) is 1. The second-order valence-corrected chi connectivity index (χ2v) is 6.41. The molecule has 2 aromatic rings. The first kappa shape index (κ1) is 16.2. The van der Waals surface area contributed by atoms with Crippen LogP contribution in [0.25, 0.3) is 6.08 Å². The van der Waals surface area contributed by atoms with E-state index in [2.05, 4.69) is 18.3 Å². The van der Waals surface area contributed by atoms with Gasteiger partial charge in [-0.15, -0.1) is 0 Å². The molecule has 122 valence electrons. The highest BCUT2D eigenvalue weighted by molar-refractivity contribution is 6.13. The van der Waals surface area contributed by atoms with Crippen LogP contribution in [0.1, 0.15) is 46.0 Å². The Kier molecular flexibility index (Phi) is 4.34. The van der Waals surface area contributed by atoms with E-state index in [1.807, 2.05) is 43.3 Å². The van der Waals surface area contributed by atoms with Crippen LogP contribution in [0, 0.1) is 13.8 Å². The van der Waals surface area contributed by atoms with E-state index in [4.69, 9.17) is 0 Å². The molecule has 0 heterocycles. The zero-order valence-electron chi connectivity index (χ0n) is 14.3. The lowest BCUT2D eigenvalue weighted by molar-refractivity contribution is -0.114. The third-order valence-corrected chi connectivity index (χ3v) is 4.37. The standard InChI is InChI=1S/C21H21NO2/c1-13-10-14(2)19-9-6-17(21(24)20(19)11-13)12-16-4-7-18(8-5-16)22-15(3)23/h4-5,7-8,10-12H,6,9H2,1-3H3,(H,22,23)/b17-12-. The summed E-state index contributed by atoms with van der Waals surface area (Å²) in [7, 11) is 0. The average Bonchev–Trinajstić information content (AvgIpc) is 2.52. The summed E-state index contributed by atoms with van der Waals surface area (Å²) in [5.74, 6) is 0.0416. The third kappa shape index (κ3) is 3.30. The van der Waals surface area contributed by atoms with Gasteiger partial charge in [0.2, 0.25) is 5.91 Å². The number of benzene rings is 2. The molecule has 3 heteroatoms. The predicted octanol–water partition coefficient (Wildman–Crippen LogP) is 4.47. The van der Waals surface area contributed by atoms with Gasteiger partial charge >= 0.3 is 0 Å². The molecular formula is C21H21NO2. The van der Waals surface area contributed by atoms with Gasteiger partial charge in [0, 0.05) is 23.7 Å². The molecule has 0 atom stereocenters. The summed E-state index contributed by atoms with van der Waals surface area (Å²) in [5, 5.41) is 2.74. The third-order valence-electron chi connectivity index (χ3n) is 4.37. The second-order valence-electron chi connectivity index (χ2n) is 6.41. The van der Waals surface area contributed by atoms with Gasteiger partial charge in [0.15, 0.2) is 5.78 Å². The molecule has 1 aliphatic carbocycles. The number of ketones is 1. The highest BCUT2D eigenvalue weighted by Crippen LogP contribution is 2.30. The molecule has 0 saturated heterocycles. The van der Waals surface area contributed by atoms with Gasteiger partial charge in [0.25, 0.3) is 0 Å². The van der Waals surface area contributed by atoms with Gasteiger partial charge in [0.05, 0.1) is 0 Å². The molecule has 0 aliphatic heterocycles. The van der Waals surface area contributed by atoms with Gasteiger partial charge in [-0.25, -0.2) is 0 Å². The second kappa shape index (κ2) is 6.44. The fraction of sp³-hybridized carbons (Fsp3) is 0.238. The van der Waals surface area contributed by atoms with Crippen molar-refractivity contribution in [2.45, 2.75) is 33.6 Å². The number of amides is 1. The number of allylic oxidation sites excluding steroid dienone is 1.